The highest BCUT2D eigenvalue weighted by atomic mass is 16.5. The second kappa shape index (κ2) is 8.27. The Morgan fingerprint density at radius 2 is 2.06 bits per heavy atom. The number of carbonyl (C=O) groups excluding carboxylic acids is 1. The number of Topliss-reactive ketones (excluding diaryl/α,β-unsaturated/α-hetero) is 1. The second-order valence-corrected chi connectivity index (χ2v) is 8.74. The number of pyridine rings is 1. The van der Waals surface area contributed by atoms with Crippen molar-refractivity contribution in [2.45, 2.75) is 24.8 Å². The van der Waals surface area contributed by atoms with E-state index in [1.165, 1.54) is 6.42 Å². The first-order chi connectivity index (χ1) is 15.2. The van der Waals surface area contributed by atoms with Gasteiger partial charge in [0.1, 0.15) is 5.75 Å². The monoisotopic (exact) mass is 412 g/mol. The summed E-state index contributed by atoms with van der Waals surface area (Å²) in [6.07, 6.45) is 6.14. The van der Waals surface area contributed by atoms with Crippen LogP contribution in [0.1, 0.15) is 34.7 Å². The molecule has 4 heteroatoms. The average Bonchev–Trinajstić information content (AvgIpc) is 2.84. The van der Waals surface area contributed by atoms with Gasteiger partial charge in [-0.15, -0.1) is 6.58 Å². The minimum Gasteiger partial charge on any atom is -0.497 e. The lowest BCUT2D eigenvalue weighted by atomic mass is 9.69. The Morgan fingerprint density at radius 1 is 1.23 bits per heavy atom. The van der Waals surface area contributed by atoms with Gasteiger partial charge >= 0.3 is 0 Å². The van der Waals surface area contributed by atoms with E-state index in [0.29, 0.717) is 11.8 Å². The van der Waals surface area contributed by atoms with Gasteiger partial charge in [0, 0.05) is 29.7 Å². The number of aromatic nitrogens is 1. The van der Waals surface area contributed by atoms with Crippen molar-refractivity contribution in [3.05, 3.63) is 84.6 Å². The van der Waals surface area contributed by atoms with Crippen LogP contribution in [0, 0.1) is 11.8 Å². The molecule has 2 aromatic carbocycles. The van der Waals surface area contributed by atoms with Gasteiger partial charge < -0.3 is 4.74 Å². The maximum Gasteiger partial charge on any atom is 0.171 e. The molecule has 3 aliphatic heterocycles. The first-order valence-corrected chi connectivity index (χ1v) is 11.1. The average molecular weight is 413 g/mol. The van der Waals surface area contributed by atoms with Crippen LogP contribution in [0.4, 0.5) is 0 Å². The number of ketones is 1. The van der Waals surface area contributed by atoms with E-state index in [9.17, 15) is 4.79 Å². The van der Waals surface area contributed by atoms with E-state index in [0.717, 1.165) is 47.3 Å². The van der Waals surface area contributed by atoms with Crippen molar-refractivity contribution in [2.75, 3.05) is 20.2 Å². The Labute approximate surface area is 183 Å². The predicted octanol–water partition coefficient (Wildman–Crippen LogP) is 5.11. The lowest BCUT2D eigenvalue weighted by Crippen LogP contribution is -2.56. The standard InChI is InChI=1S/C27H28N2O2/c1-3-18-17-29-14-12-20(18)15-25(29)26(27(30)19-7-5-4-6-8-19)22-11-13-28-24-10-9-21(31-2)16-23(22)24/h3-11,13,16,18,20,25-26H,1,12,14-15,17H2,2H3/t18?,20-,25+,26-/m0/s1. The smallest absolute Gasteiger partial charge is 0.171 e. The summed E-state index contributed by atoms with van der Waals surface area (Å²) in [4.78, 5) is 21.0. The van der Waals surface area contributed by atoms with E-state index in [2.05, 4.69) is 22.5 Å². The summed E-state index contributed by atoms with van der Waals surface area (Å²) in [6.45, 7) is 6.09. The molecule has 0 N–H and O–H groups in total. The molecule has 0 aliphatic carbocycles. The molecule has 0 radical (unpaired) electrons. The number of carbonyl (C=O) groups is 1. The van der Waals surface area contributed by atoms with Gasteiger partial charge in [0.25, 0.3) is 0 Å². The molecule has 4 nitrogen and oxygen atoms in total. The molecule has 2 bridgehead atoms. The number of methoxy groups -OCH3 is 1. The minimum absolute atomic E-state index is 0.180. The number of nitrogens with zero attached hydrogens (tertiary/aromatic N) is 2. The van der Waals surface area contributed by atoms with Gasteiger partial charge in [-0.05, 0) is 61.1 Å². The fourth-order valence-corrected chi connectivity index (χ4v) is 5.57. The highest BCUT2D eigenvalue weighted by Gasteiger charge is 2.45. The van der Waals surface area contributed by atoms with Crippen LogP contribution in [0.25, 0.3) is 10.9 Å². The van der Waals surface area contributed by atoms with Gasteiger partial charge in [-0.1, -0.05) is 36.4 Å². The number of hydrogen-bond acceptors (Lipinski definition) is 4. The SMILES string of the molecule is C=CC1CN2CC[C@H]1C[C@@H]2[C@@H](C(=O)c1ccccc1)c1ccnc2ccc(OC)cc12. The quantitative estimate of drug-likeness (QED) is 0.417. The number of fused-ring (bicyclic) bond motifs is 4. The van der Waals surface area contributed by atoms with Crippen molar-refractivity contribution in [3.8, 4) is 5.75 Å². The zero-order chi connectivity index (χ0) is 21.4. The molecule has 2 unspecified atom stereocenters. The molecule has 5 atom stereocenters. The Bertz CT molecular complexity index is 1110. The first kappa shape index (κ1) is 20.0. The first-order valence-electron chi connectivity index (χ1n) is 11.1. The van der Waals surface area contributed by atoms with Crippen LogP contribution in [0.15, 0.2) is 73.4 Å². The number of rotatable bonds is 6. The molecule has 4 heterocycles. The lowest BCUT2D eigenvalue weighted by molar-refractivity contribution is 0.00819. The van der Waals surface area contributed by atoms with E-state index < -0.39 is 0 Å². The topological polar surface area (TPSA) is 42.4 Å². The maximum atomic E-state index is 14.0. The van der Waals surface area contributed by atoms with Crippen molar-refractivity contribution in [2.24, 2.45) is 11.8 Å². The van der Waals surface area contributed by atoms with Crippen LogP contribution < -0.4 is 4.74 Å². The Hall–Kier alpha value is -2.98. The van der Waals surface area contributed by atoms with Gasteiger partial charge in [-0.3, -0.25) is 14.7 Å². The molecule has 158 valence electrons. The zero-order valence-corrected chi connectivity index (χ0v) is 17.9. The van der Waals surface area contributed by atoms with Gasteiger partial charge in [0.15, 0.2) is 5.78 Å². The Morgan fingerprint density at radius 3 is 2.77 bits per heavy atom. The molecule has 3 saturated heterocycles. The zero-order valence-electron chi connectivity index (χ0n) is 17.9. The molecule has 0 spiro atoms. The third-order valence-electron chi connectivity index (χ3n) is 7.20. The van der Waals surface area contributed by atoms with Crippen molar-refractivity contribution < 1.29 is 9.53 Å². The molecule has 31 heavy (non-hydrogen) atoms. The van der Waals surface area contributed by atoms with Crippen LogP contribution in [-0.4, -0.2) is 41.9 Å². The molecule has 3 aromatic rings. The third-order valence-corrected chi connectivity index (χ3v) is 7.20. The van der Waals surface area contributed by atoms with Gasteiger partial charge in [-0.25, -0.2) is 0 Å². The van der Waals surface area contributed by atoms with E-state index in [4.69, 9.17) is 4.74 Å². The molecule has 3 fully saturated rings. The number of benzene rings is 2. The van der Waals surface area contributed by atoms with Crippen molar-refractivity contribution in [1.29, 1.82) is 0 Å². The van der Waals surface area contributed by atoms with Crippen molar-refractivity contribution >= 4 is 16.7 Å². The largest absolute Gasteiger partial charge is 0.497 e. The van der Waals surface area contributed by atoms with Gasteiger partial charge in [-0.2, -0.15) is 0 Å². The summed E-state index contributed by atoms with van der Waals surface area (Å²) in [5.41, 5.74) is 2.71. The molecule has 0 saturated carbocycles. The maximum absolute atomic E-state index is 14.0. The fraction of sp³-hybridized carbons (Fsp3) is 0.333. The van der Waals surface area contributed by atoms with E-state index in [-0.39, 0.29) is 17.7 Å². The summed E-state index contributed by atoms with van der Waals surface area (Å²) < 4.78 is 5.49. The predicted molar refractivity (Wildman–Crippen MR) is 124 cm³/mol. The highest BCUT2D eigenvalue weighted by Crippen LogP contribution is 2.44. The minimum atomic E-state index is -0.242. The molecule has 1 aromatic heterocycles. The van der Waals surface area contributed by atoms with Crippen LogP contribution in [0.3, 0.4) is 0 Å². The van der Waals surface area contributed by atoms with Crippen LogP contribution in [0.5, 0.6) is 5.75 Å². The van der Waals surface area contributed by atoms with Gasteiger partial charge in [0.2, 0.25) is 0 Å². The van der Waals surface area contributed by atoms with Crippen LogP contribution in [-0.2, 0) is 0 Å². The van der Waals surface area contributed by atoms with E-state index in [1.807, 2.05) is 60.8 Å². The molecule has 6 rings (SSSR count). The lowest BCUT2D eigenvalue weighted by Gasteiger charge is -2.51. The summed E-state index contributed by atoms with van der Waals surface area (Å²) in [7, 11) is 1.67. The molecule has 0 amide bonds. The summed E-state index contributed by atoms with van der Waals surface area (Å²) in [5.74, 6) is 1.84. The number of ether oxygens (including phenoxy) is 1. The summed E-state index contributed by atoms with van der Waals surface area (Å²) in [5, 5.41) is 0.999. The summed E-state index contributed by atoms with van der Waals surface area (Å²) in [6, 6.07) is 17.8. The normalized spacial score (nSPS) is 25.8. The Balaban J connectivity index is 1.64. The summed E-state index contributed by atoms with van der Waals surface area (Å²) >= 11 is 0. The molecular weight excluding hydrogens is 384 g/mol. The fourth-order valence-electron chi connectivity index (χ4n) is 5.57. The van der Waals surface area contributed by atoms with Crippen molar-refractivity contribution in [3.63, 3.8) is 0 Å². The molecule has 3 aliphatic rings. The van der Waals surface area contributed by atoms with E-state index in [1.54, 1.807) is 7.11 Å². The van der Waals surface area contributed by atoms with E-state index >= 15 is 0 Å². The van der Waals surface area contributed by atoms with Crippen LogP contribution in [0.2, 0.25) is 0 Å². The van der Waals surface area contributed by atoms with Gasteiger partial charge in [0.05, 0.1) is 18.5 Å². The number of hydrogen-bond donors (Lipinski definition) is 0. The van der Waals surface area contributed by atoms with Crippen LogP contribution >= 0.6 is 0 Å². The third kappa shape index (κ3) is 3.55. The second-order valence-electron chi connectivity index (χ2n) is 8.74. The molecular formula is C27H28N2O2. The van der Waals surface area contributed by atoms with Crippen molar-refractivity contribution in [1.82, 2.24) is 9.88 Å². The Kier molecular flexibility index (Phi) is 5.33. The highest BCUT2D eigenvalue weighted by molar-refractivity contribution is 6.04. The number of piperidine rings is 3.